The van der Waals surface area contributed by atoms with Gasteiger partial charge in [0.05, 0.1) is 11.8 Å². The van der Waals surface area contributed by atoms with E-state index in [0.29, 0.717) is 23.1 Å². The Morgan fingerprint density at radius 1 is 1.03 bits per heavy atom. The molecule has 0 spiro atoms. The molecule has 0 unspecified atom stereocenters. The van der Waals surface area contributed by atoms with Gasteiger partial charge >= 0.3 is 0 Å². The summed E-state index contributed by atoms with van der Waals surface area (Å²) in [6, 6.07) is 4.23. The van der Waals surface area contributed by atoms with Crippen molar-refractivity contribution in [3.05, 3.63) is 54.4 Å². The molecule has 0 bridgehead atoms. The molecule has 0 N–H and O–H groups in total. The van der Waals surface area contributed by atoms with E-state index in [1.54, 1.807) is 12.4 Å². The molecule has 0 atom stereocenters. The highest BCUT2D eigenvalue weighted by molar-refractivity contribution is 5.94. The Morgan fingerprint density at radius 3 is 2.35 bits per heavy atom. The lowest BCUT2D eigenvalue weighted by Gasteiger charge is -2.38. The summed E-state index contributed by atoms with van der Waals surface area (Å²) in [4.78, 5) is 35.0. The highest BCUT2D eigenvalue weighted by atomic mass is 16.3. The van der Waals surface area contributed by atoms with Gasteiger partial charge in [-0.15, -0.1) is 0 Å². The van der Waals surface area contributed by atoms with Crippen LogP contribution in [0.15, 0.2) is 47.7 Å². The van der Waals surface area contributed by atoms with E-state index in [1.807, 2.05) is 24.5 Å². The third-order valence-electron chi connectivity index (χ3n) is 6.11. The van der Waals surface area contributed by atoms with Gasteiger partial charge in [-0.1, -0.05) is 6.92 Å². The van der Waals surface area contributed by atoms with Gasteiger partial charge in [0.15, 0.2) is 12.2 Å². The Kier molecular flexibility index (Phi) is 5.36. The number of aromatic nitrogens is 4. The molecule has 2 fully saturated rings. The second-order valence-corrected chi connectivity index (χ2v) is 8.20. The van der Waals surface area contributed by atoms with Gasteiger partial charge in [0, 0.05) is 43.8 Å². The van der Waals surface area contributed by atoms with Crippen molar-refractivity contribution in [2.45, 2.75) is 51.1 Å². The zero-order valence-electron chi connectivity index (χ0n) is 17.6. The van der Waals surface area contributed by atoms with E-state index >= 15 is 0 Å². The maximum Gasteiger partial charge on any atom is 0.255 e. The lowest BCUT2D eigenvalue weighted by atomic mass is 10.0. The maximum absolute atomic E-state index is 13.4. The van der Waals surface area contributed by atoms with Crippen molar-refractivity contribution in [3.63, 3.8) is 0 Å². The van der Waals surface area contributed by atoms with E-state index in [1.165, 1.54) is 6.39 Å². The molecule has 1 aliphatic heterocycles. The Bertz CT molecular complexity index is 1010. The molecule has 2 aliphatic rings. The van der Waals surface area contributed by atoms with Gasteiger partial charge < -0.3 is 14.2 Å². The van der Waals surface area contributed by atoms with Crippen molar-refractivity contribution in [3.8, 4) is 11.5 Å². The molecule has 160 valence electrons. The summed E-state index contributed by atoms with van der Waals surface area (Å²) in [5.74, 6) is 1.45. The molecule has 0 aromatic carbocycles. The molecule has 1 aliphatic carbocycles. The molecule has 3 aromatic heterocycles. The summed E-state index contributed by atoms with van der Waals surface area (Å²) in [6.45, 7) is 3.81. The average Bonchev–Trinajstić information content (AvgIpc) is 3.51. The van der Waals surface area contributed by atoms with Crippen molar-refractivity contribution < 1.29 is 9.21 Å². The summed E-state index contributed by atoms with van der Waals surface area (Å²) < 4.78 is 5.29. The predicted molar refractivity (Wildman–Crippen MR) is 116 cm³/mol. The Balaban J connectivity index is 1.26. The van der Waals surface area contributed by atoms with Gasteiger partial charge in [0.25, 0.3) is 5.91 Å². The normalized spacial score (nSPS) is 17.0. The van der Waals surface area contributed by atoms with Crippen LogP contribution in [0.3, 0.4) is 0 Å². The molecule has 1 amide bonds. The molecular weight excluding hydrogens is 392 g/mol. The van der Waals surface area contributed by atoms with E-state index in [9.17, 15) is 4.79 Å². The molecule has 4 heterocycles. The van der Waals surface area contributed by atoms with Gasteiger partial charge in [0.2, 0.25) is 5.95 Å². The van der Waals surface area contributed by atoms with Crippen molar-refractivity contribution in [2.24, 2.45) is 0 Å². The van der Waals surface area contributed by atoms with Gasteiger partial charge in [-0.25, -0.2) is 15.0 Å². The van der Waals surface area contributed by atoms with Gasteiger partial charge in [-0.3, -0.25) is 9.78 Å². The summed E-state index contributed by atoms with van der Waals surface area (Å²) in [6.07, 6.45) is 13.4. The van der Waals surface area contributed by atoms with Gasteiger partial charge in [-0.05, 0) is 49.8 Å². The first kappa shape index (κ1) is 19.7. The third-order valence-corrected chi connectivity index (χ3v) is 6.11. The Labute approximate surface area is 181 Å². The number of amides is 1. The van der Waals surface area contributed by atoms with Crippen molar-refractivity contribution in [2.75, 3.05) is 18.0 Å². The van der Waals surface area contributed by atoms with Crippen LogP contribution in [-0.4, -0.2) is 55.9 Å². The predicted octanol–water partition coefficient (Wildman–Crippen LogP) is 3.36. The number of hydrogen-bond acceptors (Lipinski definition) is 7. The summed E-state index contributed by atoms with van der Waals surface area (Å²) >= 11 is 0. The van der Waals surface area contributed by atoms with E-state index in [-0.39, 0.29) is 11.9 Å². The van der Waals surface area contributed by atoms with Gasteiger partial charge in [-0.2, -0.15) is 0 Å². The standard InChI is InChI=1S/C23H26N6O2/c1-2-16-11-26-23(27-12-16)28-9-7-19(8-10-28)29(18-4-5-18)22(30)17-3-6-20(25-13-17)21-14-24-15-31-21/h3,6,11-15,18-19H,2,4-5,7-10H2,1H3. The summed E-state index contributed by atoms with van der Waals surface area (Å²) in [5, 5.41) is 0. The van der Waals surface area contributed by atoms with Crippen LogP contribution in [0, 0.1) is 0 Å². The van der Waals surface area contributed by atoms with Crippen molar-refractivity contribution >= 4 is 11.9 Å². The molecule has 1 saturated carbocycles. The van der Waals surface area contributed by atoms with Crippen LogP contribution >= 0.6 is 0 Å². The number of carbonyl (C=O) groups excluding carboxylic acids is 1. The highest BCUT2D eigenvalue weighted by Gasteiger charge is 2.39. The molecule has 3 aromatic rings. The fourth-order valence-corrected chi connectivity index (χ4v) is 4.18. The Morgan fingerprint density at radius 2 is 1.77 bits per heavy atom. The van der Waals surface area contributed by atoms with Crippen LogP contribution < -0.4 is 4.90 Å². The molecule has 5 rings (SSSR count). The van der Waals surface area contributed by atoms with E-state index in [4.69, 9.17) is 4.42 Å². The molecule has 1 saturated heterocycles. The van der Waals surface area contributed by atoms with E-state index < -0.39 is 0 Å². The van der Waals surface area contributed by atoms with Crippen LogP contribution in [0.5, 0.6) is 0 Å². The van der Waals surface area contributed by atoms with E-state index in [0.717, 1.165) is 56.7 Å². The summed E-state index contributed by atoms with van der Waals surface area (Å²) in [5.41, 5.74) is 2.44. The second-order valence-electron chi connectivity index (χ2n) is 8.20. The number of piperidine rings is 1. The van der Waals surface area contributed by atoms with Crippen LogP contribution in [0.2, 0.25) is 0 Å². The zero-order chi connectivity index (χ0) is 21.2. The van der Waals surface area contributed by atoms with Crippen LogP contribution in [0.4, 0.5) is 5.95 Å². The topological polar surface area (TPSA) is 88.3 Å². The minimum Gasteiger partial charge on any atom is -0.442 e. The SMILES string of the molecule is CCc1cnc(N2CCC(N(C(=O)c3ccc(-c4cnco4)nc3)C3CC3)CC2)nc1. The molecule has 8 nitrogen and oxygen atoms in total. The number of pyridine rings is 1. The lowest BCUT2D eigenvalue weighted by Crippen LogP contribution is -2.48. The largest absolute Gasteiger partial charge is 0.442 e. The number of aryl methyl sites for hydroxylation is 1. The van der Waals surface area contributed by atoms with Crippen LogP contribution in [-0.2, 0) is 6.42 Å². The Hall–Kier alpha value is -3.29. The molecule has 31 heavy (non-hydrogen) atoms. The van der Waals surface area contributed by atoms with Crippen molar-refractivity contribution in [1.29, 1.82) is 0 Å². The number of nitrogens with zero attached hydrogens (tertiary/aromatic N) is 6. The van der Waals surface area contributed by atoms with Gasteiger partial charge in [0.1, 0.15) is 5.69 Å². The number of oxazole rings is 1. The summed E-state index contributed by atoms with van der Waals surface area (Å²) in [7, 11) is 0. The quantitative estimate of drug-likeness (QED) is 0.606. The minimum absolute atomic E-state index is 0.0705. The minimum atomic E-state index is 0.0705. The molecule has 0 radical (unpaired) electrons. The third kappa shape index (κ3) is 4.15. The average molecular weight is 419 g/mol. The highest BCUT2D eigenvalue weighted by Crippen LogP contribution is 2.33. The fourth-order valence-electron chi connectivity index (χ4n) is 4.18. The first-order valence-corrected chi connectivity index (χ1v) is 11.0. The monoisotopic (exact) mass is 418 g/mol. The smallest absolute Gasteiger partial charge is 0.255 e. The molecule has 8 heteroatoms. The van der Waals surface area contributed by atoms with Crippen LogP contribution in [0.25, 0.3) is 11.5 Å². The number of anilines is 1. The maximum atomic E-state index is 13.4. The van der Waals surface area contributed by atoms with Crippen molar-refractivity contribution in [1.82, 2.24) is 24.8 Å². The zero-order valence-corrected chi connectivity index (χ0v) is 17.6. The number of carbonyl (C=O) groups is 1. The first-order chi connectivity index (χ1) is 15.2. The van der Waals surface area contributed by atoms with E-state index in [2.05, 4.69) is 36.7 Å². The first-order valence-electron chi connectivity index (χ1n) is 11.0. The van der Waals surface area contributed by atoms with Crippen LogP contribution in [0.1, 0.15) is 48.5 Å². The number of hydrogen-bond donors (Lipinski definition) is 0. The fraction of sp³-hybridized carbons (Fsp3) is 0.435. The second kappa shape index (κ2) is 8.45. The molecular formula is C23H26N6O2. The lowest BCUT2D eigenvalue weighted by molar-refractivity contribution is 0.0630. The number of rotatable bonds is 6.